The zero-order chi connectivity index (χ0) is 13.7. The summed E-state index contributed by atoms with van der Waals surface area (Å²) in [7, 11) is 0. The highest BCUT2D eigenvalue weighted by atomic mass is 16.4. The summed E-state index contributed by atoms with van der Waals surface area (Å²) in [5.74, 6) is -0.0707. The number of hydrogen-bond donors (Lipinski definition) is 2. The number of pyridine rings is 1. The Kier molecular flexibility index (Phi) is 4.91. The molecular weight excluding hydrogens is 240 g/mol. The number of carboxylic acid groups (broad SMARTS) is 1. The summed E-state index contributed by atoms with van der Waals surface area (Å²) in [6.45, 7) is 2.99. The van der Waals surface area contributed by atoms with E-state index in [2.05, 4.69) is 17.2 Å². The molecule has 104 valence electrons. The third kappa shape index (κ3) is 4.03. The molecule has 0 saturated heterocycles. The molecule has 2 unspecified atom stereocenters. The largest absolute Gasteiger partial charge is 0.478 e. The van der Waals surface area contributed by atoms with Gasteiger partial charge in [0.1, 0.15) is 0 Å². The number of aromatic nitrogens is 1. The predicted octanol–water partition coefficient (Wildman–Crippen LogP) is 2.84. The molecule has 2 atom stereocenters. The maximum Gasteiger partial charge on any atom is 0.337 e. The van der Waals surface area contributed by atoms with E-state index in [-0.39, 0.29) is 5.56 Å². The lowest BCUT2D eigenvalue weighted by atomic mass is 9.84. The van der Waals surface area contributed by atoms with Gasteiger partial charge in [0, 0.05) is 18.8 Å². The van der Waals surface area contributed by atoms with Crippen LogP contribution < -0.4 is 5.32 Å². The Balaban J connectivity index is 1.83. The van der Waals surface area contributed by atoms with Gasteiger partial charge < -0.3 is 10.4 Å². The molecule has 0 bridgehead atoms. The van der Waals surface area contributed by atoms with Crippen LogP contribution in [0.5, 0.6) is 0 Å². The number of nitrogens with zero attached hydrogens (tertiary/aromatic N) is 1. The van der Waals surface area contributed by atoms with Gasteiger partial charge in [0.2, 0.25) is 0 Å². The van der Waals surface area contributed by atoms with Crippen molar-refractivity contribution < 1.29 is 9.90 Å². The number of carboxylic acids is 1. The van der Waals surface area contributed by atoms with Crippen molar-refractivity contribution in [2.75, 3.05) is 0 Å². The average Bonchev–Trinajstić information content (AvgIpc) is 2.46. The van der Waals surface area contributed by atoms with Gasteiger partial charge in [-0.1, -0.05) is 26.2 Å². The van der Waals surface area contributed by atoms with Crippen molar-refractivity contribution in [3.05, 3.63) is 29.6 Å². The number of nitrogens with one attached hydrogen (secondary N) is 1. The highest BCUT2D eigenvalue weighted by Crippen LogP contribution is 2.26. The fraction of sp³-hybridized carbons (Fsp3) is 0.600. The van der Waals surface area contributed by atoms with Gasteiger partial charge in [-0.25, -0.2) is 4.79 Å². The van der Waals surface area contributed by atoms with Crippen molar-refractivity contribution >= 4 is 5.97 Å². The minimum absolute atomic E-state index is 0.243. The van der Waals surface area contributed by atoms with Gasteiger partial charge in [-0.05, 0) is 30.9 Å². The van der Waals surface area contributed by atoms with E-state index in [0.29, 0.717) is 6.04 Å². The summed E-state index contributed by atoms with van der Waals surface area (Å²) in [5.41, 5.74) is 1.15. The van der Waals surface area contributed by atoms with Gasteiger partial charge in [-0.15, -0.1) is 0 Å². The van der Waals surface area contributed by atoms with Gasteiger partial charge >= 0.3 is 5.97 Å². The molecule has 1 aromatic rings. The lowest BCUT2D eigenvalue weighted by molar-refractivity contribution is 0.0696. The van der Waals surface area contributed by atoms with Crippen LogP contribution in [0, 0.1) is 5.92 Å². The van der Waals surface area contributed by atoms with Crippen molar-refractivity contribution in [1.82, 2.24) is 10.3 Å². The summed E-state index contributed by atoms with van der Waals surface area (Å²) >= 11 is 0. The molecule has 1 aliphatic rings. The average molecular weight is 262 g/mol. The standard InChI is InChI=1S/C15H22N2O2/c1-2-11-4-3-5-13(8-11)17-10-14-7-6-12(9-16-14)15(18)19/h6-7,9,11,13,17H,2-5,8,10H2,1H3,(H,18,19). The maximum atomic E-state index is 10.7. The second-order valence-corrected chi connectivity index (χ2v) is 5.36. The first-order valence-corrected chi connectivity index (χ1v) is 7.10. The molecule has 0 aliphatic heterocycles. The van der Waals surface area contributed by atoms with Crippen LogP contribution in [0.2, 0.25) is 0 Å². The summed E-state index contributed by atoms with van der Waals surface area (Å²) in [6, 6.07) is 3.98. The first-order chi connectivity index (χ1) is 9.19. The van der Waals surface area contributed by atoms with Crippen LogP contribution >= 0.6 is 0 Å². The minimum Gasteiger partial charge on any atom is -0.478 e. The summed E-state index contributed by atoms with van der Waals surface area (Å²) in [4.78, 5) is 14.9. The second kappa shape index (κ2) is 6.66. The van der Waals surface area contributed by atoms with Crippen LogP contribution in [-0.4, -0.2) is 22.1 Å². The van der Waals surface area contributed by atoms with Gasteiger partial charge in [-0.3, -0.25) is 4.98 Å². The van der Waals surface area contributed by atoms with Crippen molar-refractivity contribution in [3.8, 4) is 0 Å². The molecule has 1 aromatic heterocycles. The summed E-state index contributed by atoms with van der Waals surface area (Å²) in [5, 5.41) is 12.4. The summed E-state index contributed by atoms with van der Waals surface area (Å²) in [6.07, 6.45) is 7.86. The van der Waals surface area contributed by atoms with E-state index >= 15 is 0 Å². The number of aromatic carboxylic acids is 1. The van der Waals surface area contributed by atoms with E-state index in [0.717, 1.165) is 18.2 Å². The van der Waals surface area contributed by atoms with E-state index < -0.39 is 5.97 Å². The van der Waals surface area contributed by atoms with Crippen molar-refractivity contribution in [2.45, 2.75) is 51.6 Å². The topological polar surface area (TPSA) is 62.2 Å². The smallest absolute Gasteiger partial charge is 0.337 e. The monoisotopic (exact) mass is 262 g/mol. The fourth-order valence-corrected chi connectivity index (χ4v) is 2.75. The first-order valence-electron chi connectivity index (χ1n) is 7.10. The van der Waals surface area contributed by atoms with E-state index in [9.17, 15) is 4.79 Å². The van der Waals surface area contributed by atoms with Crippen molar-refractivity contribution in [3.63, 3.8) is 0 Å². The molecule has 0 amide bonds. The molecule has 1 saturated carbocycles. The third-order valence-corrected chi connectivity index (χ3v) is 4.00. The SMILES string of the molecule is CCC1CCCC(NCc2ccc(C(=O)O)cn2)C1. The Labute approximate surface area is 114 Å². The molecule has 1 fully saturated rings. The van der Waals surface area contributed by atoms with Crippen LogP contribution in [0.15, 0.2) is 18.3 Å². The van der Waals surface area contributed by atoms with Crippen LogP contribution in [-0.2, 0) is 6.54 Å². The lowest BCUT2D eigenvalue weighted by Crippen LogP contribution is -2.33. The molecule has 4 nitrogen and oxygen atoms in total. The van der Waals surface area contributed by atoms with E-state index in [1.165, 1.54) is 38.3 Å². The molecular formula is C15H22N2O2. The lowest BCUT2D eigenvalue weighted by Gasteiger charge is -2.29. The van der Waals surface area contributed by atoms with E-state index in [4.69, 9.17) is 5.11 Å². The zero-order valence-corrected chi connectivity index (χ0v) is 11.4. The molecule has 19 heavy (non-hydrogen) atoms. The zero-order valence-electron chi connectivity index (χ0n) is 11.4. The Morgan fingerprint density at radius 3 is 2.95 bits per heavy atom. The van der Waals surface area contributed by atoms with Crippen molar-refractivity contribution in [1.29, 1.82) is 0 Å². The number of carbonyl (C=O) groups is 1. The summed E-state index contributed by atoms with van der Waals surface area (Å²) < 4.78 is 0. The quantitative estimate of drug-likeness (QED) is 0.856. The normalized spacial score (nSPS) is 23.2. The van der Waals surface area contributed by atoms with Crippen LogP contribution in [0.4, 0.5) is 0 Å². The van der Waals surface area contributed by atoms with Crippen LogP contribution in [0.3, 0.4) is 0 Å². The number of rotatable bonds is 5. The second-order valence-electron chi connectivity index (χ2n) is 5.36. The highest BCUT2D eigenvalue weighted by molar-refractivity contribution is 5.87. The first kappa shape index (κ1) is 14.0. The van der Waals surface area contributed by atoms with Gasteiger partial charge in [0.05, 0.1) is 11.3 Å². The molecule has 0 spiro atoms. The maximum absolute atomic E-state index is 10.7. The molecule has 4 heteroatoms. The third-order valence-electron chi connectivity index (χ3n) is 4.00. The molecule has 0 radical (unpaired) electrons. The predicted molar refractivity (Wildman–Crippen MR) is 74.1 cm³/mol. The Hall–Kier alpha value is -1.42. The Morgan fingerprint density at radius 1 is 1.47 bits per heavy atom. The highest BCUT2D eigenvalue weighted by Gasteiger charge is 2.20. The van der Waals surface area contributed by atoms with Crippen molar-refractivity contribution in [2.24, 2.45) is 5.92 Å². The van der Waals surface area contributed by atoms with Gasteiger partial charge in [-0.2, -0.15) is 0 Å². The van der Waals surface area contributed by atoms with Crippen LogP contribution in [0.25, 0.3) is 0 Å². The van der Waals surface area contributed by atoms with Gasteiger partial charge in [0.25, 0.3) is 0 Å². The fourth-order valence-electron chi connectivity index (χ4n) is 2.75. The van der Waals surface area contributed by atoms with E-state index in [1.54, 1.807) is 12.1 Å². The molecule has 2 N–H and O–H groups in total. The molecule has 0 aromatic carbocycles. The number of hydrogen-bond acceptors (Lipinski definition) is 3. The van der Waals surface area contributed by atoms with Crippen LogP contribution in [0.1, 0.15) is 55.1 Å². The van der Waals surface area contributed by atoms with E-state index in [1.807, 2.05) is 0 Å². The molecule has 2 rings (SSSR count). The Bertz CT molecular complexity index is 417. The minimum atomic E-state index is -0.926. The van der Waals surface area contributed by atoms with Gasteiger partial charge in [0.15, 0.2) is 0 Å². The Morgan fingerprint density at radius 2 is 2.32 bits per heavy atom. The molecule has 1 heterocycles. The molecule has 1 aliphatic carbocycles.